The lowest BCUT2D eigenvalue weighted by Gasteiger charge is -2.39. The van der Waals surface area contributed by atoms with Gasteiger partial charge in [-0.2, -0.15) is 0 Å². The first kappa shape index (κ1) is 27.8. The molecule has 1 N–H and O–H groups in total. The van der Waals surface area contributed by atoms with Gasteiger partial charge in [0.25, 0.3) is 0 Å². The van der Waals surface area contributed by atoms with Gasteiger partial charge in [-0.05, 0) is 63.3 Å². The first-order chi connectivity index (χ1) is 17.7. The molecule has 0 saturated carbocycles. The van der Waals surface area contributed by atoms with Gasteiger partial charge in [0.05, 0.1) is 11.5 Å². The normalized spacial score (nSPS) is 18.8. The standard InChI is InChI=1S/C29H42ClN5O2/c1-5-6-13-33(19-29(3,4)37)18-24(22-8-10-23(30)11-9-22)28(36)35-16-14-34(15-17-35)27-26-21(2)7-12-25(26)31-20-32-27/h8-11,20-21,24,37H,5-7,12-19H2,1-4H3. The van der Waals surface area contributed by atoms with E-state index >= 15 is 0 Å². The number of rotatable bonds is 10. The summed E-state index contributed by atoms with van der Waals surface area (Å²) in [5.41, 5.74) is 2.61. The molecule has 1 aliphatic heterocycles. The van der Waals surface area contributed by atoms with E-state index < -0.39 is 5.60 Å². The first-order valence-electron chi connectivity index (χ1n) is 13.7. The van der Waals surface area contributed by atoms with Crippen LogP contribution in [0.5, 0.6) is 0 Å². The summed E-state index contributed by atoms with van der Waals surface area (Å²) in [7, 11) is 0. The molecule has 1 aliphatic carbocycles. The van der Waals surface area contributed by atoms with Gasteiger partial charge in [0.1, 0.15) is 12.1 Å². The number of halogens is 1. The lowest BCUT2D eigenvalue weighted by atomic mass is 9.95. The number of hydrogen-bond acceptors (Lipinski definition) is 6. The van der Waals surface area contributed by atoms with E-state index in [1.807, 2.05) is 43.0 Å². The van der Waals surface area contributed by atoms with Gasteiger partial charge in [0.15, 0.2) is 0 Å². The van der Waals surface area contributed by atoms with Crippen molar-refractivity contribution in [3.05, 3.63) is 52.4 Å². The lowest BCUT2D eigenvalue weighted by molar-refractivity contribution is -0.133. The Morgan fingerprint density at radius 1 is 1.19 bits per heavy atom. The van der Waals surface area contributed by atoms with Crippen molar-refractivity contribution in [2.75, 3.05) is 50.7 Å². The third kappa shape index (κ3) is 7.01. The Kier molecular flexibility index (Phi) is 9.09. The van der Waals surface area contributed by atoms with E-state index in [-0.39, 0.29) is 11.8 Å². The second-order valence-electron chi connectivity index (χ2n) is 11.3. The molecule has 2 atom stereocenters. The van der Waals surface area contributed by atoms with Gasteiger partial charge in [-0.15, -0.1) is 0 Å². The second kappa shape index (κ2) is 12.1. The molecule has 0 bridgehead atoms. The largest absolute Gasteiger partial charge is 0.389 e. The Labute approximate surface area is 226 Å². The Morgan fingerprint density at radius 2 is 1.89 bits per heavy atom. The van der Waals surface area contributed by atoms with Crippen LogP contribution in [0.4, 0.5) is 5.82 Å². The summed E-state index contributed by atoms with van der Waals surface area (Å²) in [5, 5.41) is 11.2. The zero-order valence-corrected chi connectivity index (χ0v) is 23.5. The summed E-state index contributed by atoms with van der Waals surface area (Å²) in [4.78, 5) is 29.7. The van der Waals surface area contributed by atoms with Gasteiger partial charge in [-0.3, -0.25) is 9.69 Å². The van der Waals surface area contributed by atoms with Crippen LogP contribution in [0.25, 0.3) is 0 Å². The molecule has 4 rings (SSSR count). The van der Waals surface area contributed by atoms with Crippen molar-refractivity contribution in [3.63, 3.8) is 0 Å². The fourth-order valence-corrected chi connectivity index (χ4v) is 5.80. The highest BCUT2D eigenvalue weighted by Crippen LogP contribution is 2.37. The molecule has 2 aromatic rings. The minimum Gasteiger partial charge on any atom is -0.389 e. The molecule has 1 fully saturated rings. The van der Waals surface area contributed by atoms with Gasteiger partial charge in [0, 0.05) is 55.5 Å². The third-order valence-electron chi connectivity index (χ3n) is 7.59. The van der Waals surface area contributed by atoms with Gasteiger partial charge in [0.2, 0.25) is 5.91 Å². The van der Waals surface area contributed by atoms with Crippen LogP contribution in [0.1, 0.15) is 75.6 Å². The number of aromatic nitrogens is 2. The van der Waals surface area contributed by atoms with Gasteiger partial charge in [-0.1, -0.05) is 44.0 Å². The predicted molar refractivity (Wildman–Crippen MR) is 149 cm³/mol. The maximum absolute atomic E-state index is 14.0. The summed E-state index contributed by atoms with van der Waals surface area (Å²) in [5.74, 6) is 1.35. The van der Waals surface area contributed by atoms with Gasteiger partial charge >= 0.3 is 0 Å². The molecule has 8 heteroatoms. The number of anilines is 1. The van der Waals surface area contributed by atoms with E-state index in [9.17, 15) is 9.90 Å². The van der Waals surface area contributed by atoms with E-state index in [0.29, 0.717) is 37.1 Å². The maximum atomic E-state index is 14.0. The van der Waals surface area contributed by atoms with E-state index in [1.165, 1.54) is 11.3 Å². The summed E-state index contributed by atoms with van der Waals surface area (Å²) < 4.78 is 0. The van der Waals surface area contributed by atoms with Crippen LogP contribution >= 0.6 is 11.6 Å². The second-order valence-corrected chi connectivity index (χ2v) is 11.8. The fraction of sp³-hybridized carbons (Fsp3) is 0.621. The van der Waals surface area contributed by atoms with Crippen LogP contribution in [0.2, 0.25) is 5.02 Å². The van der Waals surface area contributed by atoms with Crippen molar-refractivity contribution >= 4 is 23.3 Å². The molecule has 1 aromatic carbocycles. The number of amides is 1. The van der Waals surface area contributed by atoms with Gasteiger partial charge in [-0.25, -0.2) is 9.97 Å². The average Bonchev–Trinajstić information content (AvgIpc) is 3.26. The van der Waals surface area contributed by atoms with E-state index in [2.05, 4.69) is 33.6 Å². The molecule has 1 aromatic heterocycles. The molecule has 1 saturated heterocycles. The molecule has 1 amide bonds. The van der Waals surface area contributed by atoms with Crippen molar-refractivity contribution in [2.24, 2.45) is 0 Å². The average molecular weight is 528 g/mol. The molecule has 202 valence electrons. The number of carbonyl (C=O) groups excluding carboxylic acids is 1. The van der Waals surface area contributed by atoms with Crippen LogP contribution < -0.4 is 4.90 Å². The zero-order chi connectivity index (χ0) is 26.6. The van der Waals surface area contributed by atoms with Crippen molar-refractivity contribution in [1.82, 2.24) is 19.8 Å². The quantitative estimate of drug-likeness (QED) is 0.491. The molecule has 0 radical (unpaired) electrons. The Morgan fingerprint density at radius 3 is 2.54 bits per heavy atom. The number of carbonyl (C=O) groups is 1. The maximum Gasteiger partial charge on any atom is 0.231 e. The van der Waals surface area contributed by atoms with E-state index in [0.717, 1.165) is 56.7 Å². The van der Waals surface area contributed by atoms with E-state index in [4.69, 9.17) is 11.6 Å². The van der Waals surface area contributed by atoms with Crippen LogP contribution in [-0.4, -0.2) is 82.2 Å². The summed E-state index contributed by atoms with van der Waals surface area (Å²) in [6.07, 6.45) is 5.93. The molecular weight excluding hydrogens is 486 g/mol. The minimum atomic E-state index is -0.831. The van der Waals surface area contributed by atoms with Crippen molar-refractivity contribution in [1.29, 1.82) is 0 Å². The summed E-state index contributed by atoms with van der Waals surface area (Å²) in [6.45, 7) is 12.9. The number of fused-ring (bicyclic) bond motifs is 1. The lowest BCUT2D eigenvalue weighted by Crippen LogP contribution is -2.52. The first-order valence-corrected chi connectivity index (χ1v) is 14.1. The van der Waals surface area contributed by atoms with Crippen LogP contribution in [-0.2, 0) is 11.2 Å². The highest BCUT2D eigenvalue weighted by molar-refractivity contribution is 6.30. The topological polar surface area (TPSA) is 72.8 Å². The molecular formula is C29H42ClN5O2. The Bertz CT molecular complexity index is 1050. The number of nitrogens with zero attached hydrogens (tertiary/aromatic N) is 5. The molecule has 2 heterocycles. The molecule has 2 unspecified atom stereocenters. The molecule has 37 heavy (non-hydrogen) atoms. The Balaban J connectivity index is 1.50. The van der Waals surface area contributed by atoms with Crippen molar-refractivity contribution < 1.29 is 9.90 Å². The van der Waals surface area contributed by atoms with Crippen molar-refractivity contribution in [3.8, 4) is 0 Å². The number of unbranched alkanes of at least 4 members (excludes halogenated alkanes) is 1. The Hall–Kier alpha value is -2.22. The monoisotopic (exact) mass is 527 g/mol. The number of aliphatic hydroxyl groups is 1. The SMILES string of the molecule is CCCCN(CC(C(=O)N1CCN(c2ncnc3c2C(C)CC3)CC1)c1ccc(Cl)cc1)CC(C)(C)O. The number of piperazine rings is 1. The highest BCUT2D eigenvalue weighted by Gasteiger charge is 2.33. The number of aryl methyl sites for hydroxylation is 1. The highest BCUT2D eigenvalue weighted by atomic mass is 35.5. The van der Waals surface area contributed by atoms with Crippen molar-refractivity contribution in [2.45, 2.75) is 70.8 Å². The summed E-state index contributed by atoms with van der Waals surface area (Å²) in [6, 6.07) is 7.65. The molecule has 0 spiro atoms. The molecule has 2 aliphatic rings. The number of benzene rings is 1. The molecule has 7 nitrogen and oxygen atoms in total. The predicted octanol–water partition coefficient (Wildman–Crippen LogP) is 4.49. The smallest absolute Gasteiger partial charge is 0.231 e. The van der Waals surface area contributed by atoms with Crippen LogP contribution in [0.3, 0.4) is 0 Å². The van der Waals surface area contributed by atoms with Gasteiger partial charge < -0.3 is 14.9 Å². The minimum absolute atomic E-state index is 0.139. The fourth-order valence-electron chi connectivity index (χ4n) is 5.68. The zero-order valence-electron chi connectivity index (χ0n) is 22.8. The van der Waals surface area contributed by atoms with E-state index in [1.54, 1.807) is 6.33 Å². The van der Waals surface area contributed by atoms with Crippen LogP contribution in [0, 0.1) is 0 Å². The summed E-state index contributed by atoms with van der Waals surface area (Å²) >= 11 is 6.18. The van der Waals surface area contributed by atoms with Crippen LogP contribution in [0.15, 0.2) is 30.6 Å². The number of hydrogen-bond donors (Lipinski definition) is 1. The third-order valence-corrected chi connectivity index (χ3v) is 7.84.